The Hall–Kier alpha value is -0.650. The van der Waals surface area contributed by atoms with Crippen LogP contribution in [0, 0.1) is 0 Å². The Bertz CT molecular complexity index is 331. The number of amides is 1. The number of hydrogen-bond donors (Lipinski definition) is 2. The van der Waals surface area contributed by atoms with Crippen molar-refractivity contribution in [3.8, 4) is 0 Å². The van der Waals surface area contributed by atoms with Gasteiger partial charge in [-0.05, 0) is 34.6 Å². The predicted octanol–water partition coefficient (Wildman–Crippen LogP) is 0.352. The number of morpholine rings is 1. The Kier molecular flexibility index (Phi) is 3.91. The molecule has 0 aromatic rings. The van der Waals surface area contributed by atoms with Crippen molar-refractivity contribution in [2.45, 2.75) is 57.9 Å². The van der Waals surface area contributed by atoms with E-state index in [1.807, 2.05) is 32.6 Å². The number of carbonyl (C=O) groups is 1. The first kappa shape index (κ1) is 14.8. The van der Waals surface area contributed by atoms with Gasteiger partial charge in [0.05, 0.1) is 17.2 Å². The molecule has 2 unspecified atom stereocenters. The molecule has 0 radical (unpaired) electrons. The molecule has 19 heavy (non-hydrogen) atoms. The molecular weight excluding hydrogens is 242 g/mol. The average Bonchev–Trinajstić information content (AvgIpc) is 2.25. The van der Waals surface area contributed by atoms with E-state index in [2.05, 4.69) is 17.6 Å². The first-order valence-electron chi connectivity index (χ1n) is 7.14. The number of nitrogens with zero attached hydrogens (tertiary/aromatic N) is 1. The maximum atomic E-state index is 12.6. The summed E-state index contributed by atoms with van der Waals surface area (Å²) in [5.41, 5.74) is -0.570. The normalized spacial score (nSPS) is 34.1. The van der Waals surface area contributed by atoms with Crippen molar-refractivity contribution in [1.82, 2.24) is 15.5 Å². The Morgan fingerprint density at radius 3 is 2.16 bits per heavy atom. The van der Waals surface area contributed by atoms with Gasteiger partial charge >= 0.3 is 0 Å². The van der Waals surface area contributed by atoms with Crippen molar-refractivity contribution in [3.63, 3.8) is 0 Å². The molecular formula is C14H27N3O2. The van der Waals surface area contributed by atoms with Gasteiger partial charge in [-0.2, -0.15) is 0 Å². The zero-order valence-electron chi connectivity index (χ0n) is 12.7. The fraction of sp³-hybridized carbons (Fsp3) is 0.929. The fourth-order valence-electron chi connectivity index (χ4n) is 3.12. The average molecular weight is 269 g/mol. The van der Waals surface area contributed by atoms with Crippen molar-refractivity contribution in [2.75, 3.05) is 26.2 Å². The van der Waals surface area contributed by atoms with E-state index in [1.165, 1.54) is 0 Å². The molecule has 0 spiro atoms. The van der Waals surface area contributed by atoms with Gasteiger partial charge in [0.2, 0.25) is 5.91 Å². The maximum absolute atomic E-state index is 12.6. The number of carbonyl (C=O) groups excluding carboxylic acids is 1. The monoisotopic (exact) mass is 269 g/mol. The van der Waals surface area contributed by atoms with Crippen molar-refractivity contribution in [2.24, 2.45) is 0 Å². The number of ether oxygens (including phenoxy) is 1. The summed E-state index contributed by atoms with van der Waals surface area (Å²) in [5.74, 6) is 0.184. The van der Waals surface area contributed by atoms with Gasteiger partial charge in [0.25, 0.3) is 0 Å². The van der Waals surface area contributed by atoms with Crippen LogP contribution in [0.4, 0.5) is 0 Å². The van der Waals surface area contributed by atoms with E-state index in [1.54, 1.807) is 0 Å². The van der Waals surface area contributed by atoms with Gasteiger partial charge in [0, 0.05) is 32.2 Å². The van der Waals surface area contributed by atoms with Crippen LogP contribution in [0.25, 0.3) is 0 Å². The van der Waals surface area contributed by atoms with Gasteiger partial charge in [-0.3, -0.25) is 4.79 Å². The van der Waals surface area contributed by atoms with Gasteiger partial charge in [0.15, 0.2) is 0 Å². The number of rotatable bonds is 1. The first-order valence-corrected chi connectivity index (χ1v) is 7.14. The number of hydrogen-bond acceptors (Lipinski definition) is 4. The van der Waals surface area contributed by atoms with E-state index < -0.39 is 0 Å². The van der Waals surface area contributed by atoms with Crippen molar-refractivity contribution in [3.05, 3.63) is 0 Å². The fourth-order valence-corrected chi connectivity index (χ4v) is 3.12. The zero-order chi connectivity index (χ0) is 14.3. The molecule has 2 atom stereocenters. The summed E-state index contributed by atoms with van der Waals surface area (Å²) in [6.45, 7) is 13.2. The Morgan fingerprint density at radius 1 is 1.11 bits per heavy atom. The topological polar surface area (TPSA) is 53.6 Å². The quantitative estimate of drug-likeness (QED) is 0.721. The van der Waals surface area contributed by atoms with Crippen LogP contribution in [0.1, 0.15) is 34.6 Å². The summed E-state index contributed by atoms with van der Waals surface area (Å²) in [4.78, 5) is 14.5. The van der Waals surface area contributed by atoms with Crippen LogP contribution in [0.2, 0.25) is 0 Å². The SMILES string of the molecule is CC1CNC(C(=O)N2CC(C)(C)OC(C)(C)C2)CN1. The molecule has 0 bridgehead atoms. The van der Waals surface area contributed by atoms with Gasteiger partial charge in [-0.1, -0.05) is 0 Å². The lowest BCUT2D eigenvalue weighted by molar-refractivity contribution is -0.189. The lowest BCUT2D eigenvalue weighted by Gasteiger charge is -2.48. The highest BCUT2D eigenvalue weighted by Crippen LogP contribution is 2.28. The van der Waals surface area contributed by atoms with Gasteiger partial charge < -0.3 is 20.3 Å². The third-order valence-corrected chi connectivity index (χ3v) is 3.65. The largest absolute Gasteiger partial charge is 0.366 e. The molecule has 2 saturated heterocycles. The van der Waals surface area contributed by atoms with E-state index in [-0.39, 0.29) is 23.2 Å². The molecule has 0 aliphatic carbocycles. The van der Waals surface area contributed by atoms with Crippen LogP contribution >= 0.6 is 0 Å². The third kappa shape index (κ3) is 3.68. The second kappa shape index (κ2) is 5.04. The van der Waals surface area contributed by atoms with Gasteiger partial charge in [-0.15, -0.1) is 0 Å². The van der Waals surface area contributed by atoms with E-state index in [4.69, 9.17) is 4.74 Å². The van der Waals surface area contributed by atoms with Crippen LogP contribution in [0.5, 0.6) is 0 Å². The van der Waals surface area contributed by atoms with Gasteiger partial charge in [-0.25, -0.2) is 0 Å². The summed E-state index contributed by atoms with van der Waals surface area (Å²) < 4.78 is 6.02. The zero-order valence-corrected chi connectivity index (χ0v) is 12.7. The summed E-state index contributed by atoms with van der Waals surface area (Å²) in [6.07, 6.45) is 0. The Morgan fingerprint density at radius 2 is 1.68 bits per heavy atom. The van der Waals surface area contributed by atoms with Crippen LogP contribution < -0.4 is 10.6 Å². The van der Waals surface area contributed by atoms with Crippen LogP contribution in [0.3, 0.4) is 0 Å². The second-order valence-corrected chi connectivity index (χ2v) is 7.09. The van der Waals surface area contributed by atoms with E-state index in [0.29, 0.717) is 25.7 Å². The van der Waals surface area contributed by atoms with Crippen LogP contribution in [0.15, 0.2) is 0 Å². The van der Waals surface area contributed by atoms with Crippen molar-refractivity contribution < 1.29 is 9.53 Å². The minimum absolute atomic E-state index is 0.110. The molecule has 0 aromatic heterocycles. The molecule has 2 N–H and O–H groups in total. The molecule has 5 heteroatoms. The summed E-state index contributed by atoms with van der Waals surface area (Å²) in [6, 6.07) is 0.322. The lowest BCUT2D eigenvalue weighted by Crippen LogP contribution is -2.65. The standard InChI is InChI=1S/C14H27N3O2/c1-10-6-16-11(7-15-10)12(18)17-8-13(2,3)19-14(4,5)9-17/h10-11,15-16H,6-9H2,1-5H3. The molecule has 2 fully saturated rings. The molecule has 0 aromatic carbocycles. The molecule has 2 heterocycles. The Balaban J connectivity index is 2.02. The summed E-state index contributed by atoms with van der Waals surface area (Å²) in [7, 11) is 0. The summed E-state index contributed by atoms with van der Waals surface area (Å²) >= 11 is 0. The number of piperazine rings is 1. The van der Waals surface area contributed by atoms with Crippen LogP contribution in [-0.2, 0) is 9.53 Å². The van der Waals surface area contributed by atoms with Crippen molar-refractivity contribution in [1.29, 1.82) is 0 Å². The minimum Gasteiger partial charge on any atom is -0.366 e. The van der Waals surface area contributed by atoms with Crippen LogP contribution in [-0.4, -0.2) is 60.3 Å². The summed E-state index contributed by atoms with van der Waals surface area (Å²) in [5, 5.41) is 6.68. The van der Waals surface area contributed by atoms with E-state index >= 15 is 0 Å². The Labute approximate surface area is 116 Å². The maximum Gasteiger partial charge on any atom is 0.241 e. The smallest absolute Gasteiger partial charge is 0.241 e. The second-order valence-electron chi connectivity index (χ2n) is 7.09. The van der Waals surface area contributed by atoms with Crippen molar-refractivity contribution >= 4 is 5.91 Å². The minimum atomic E-state index is -0.285. The van der Waals surface area contributed by atoms with E-state index in [0.717, 1.165) is 6.54 Å². The molecule has 110 valence electrons. The third-order valence-electron chi connectivity index (χ3n) is 3.65. The molecule has 2 rings (SSSR count). The predicted molar refractivity (Wildman–Crippen MR) is 75.1 cm³/mol. The van der Waals surface area contributed by atoms with E-state index in [9.17, 15) is 4.79 Å². The molecule has 5 nitrogen and oxygen atoms in total. The highest BCUT2D eigenvalue weighted by molar-refractivity contribution is 5.82. The van der Waals surface area contributed by atoms with Gasteiger partial charge in [0.1, 0.15) is 0 Å². The highest BCUT2D eigenvalue weighted by Gasteiger charge is 2.41. The number of nitrogens with one attached hydrogen (secondary N) is 2. The molecule has 1 amide bonds. The molecule has 0 saturated carbocycles. The molecule has 2 aliphatic rings. The molecule has 2 aliphatic heterocycles. The first-order chi connectivity index (χ1) is 8.69. The lowest BCUT2D eigenvalue weighted by atomic mass is 9.98. The highest BCUT2D eigenvalue weighted by atomic mass is 16.5.